The SMILES string of the molecule is NCc1cc(I)cc(F)c1F. The van der Waals surface area contributed by atoms with Crippen molar-refractivity contribution in [2.24, 2.45) is 5.73 Å². The zero-order valence-electron chi connectivity index (χ0n) is 5.57. The van der Waals surface area contributed by atoms with Crippen molar-refractivity contribution in [1.82, 2.24) is 0 Å². The van der Waals surface area contributed by atoms with Gasteiger partial charge in [0.1, 0.15) is 0 Å². The Kier molecular flexibility index (Phi) is 2.78. The average molecular weight is 269 g/mol. The summed E-state index contributed by atoms with van der Waals surface area (Å²) in [7, 11) is 0. The molecule has 0 aromatic heterocycles. The van der Waals surface area contributed by atoms with Gasteiger partial charge in [0.25, 0.3) is 0 Å². The maximum atomic E-state index is 12.7. The molecule has 0 unspecified atom stereocenters. The number of nitrogens with two attached hydrogens (primary N) is 1. The van der Waals surface area contributed by atoms with E-state index in [-0.39, 0.29) is 12.1 Å². The van der Waals surface area contributed by atoms with Crippen molar-refractivity contribution in [3.05, 3.63) is 32.9 Å². The minimum absolute atomic E-state index is 0.0274. The van der Waals surface area contributed by atoms with E-state index in [0.717, 1.165) is 6.07 Å². The van der Waals surface area contributed by atoms with Gasteiger partial charge in [0, 0.05) is 15.7 Å². The largest absolute Gasteiger partial charge is 0.326 e. The Labute approximate surface area is 76.7 Å². The highest BCUT2D eigenvalue weighted by atomic mass is 127. The maximum Gasteiger partial charge on any atom is 0.163 e. The Hall–Kier alpha value is -0.230. The Morgan fingerprint density at radius 3 is 2.55 bits per heavy atom. The fourth-order valence-corrected chi connectivity index (χ4v) is 1.41. The van der Waals surface area contributed by atoms with Crippen LogP contribution in [0.4, 0.5) is 8.78 Å². The number of hydrogen-bond donors (Lipinski definition) is 1. The van der Waals surface area contributed by atoms with Crippen LogP contribution in [0.3, 0.4) is 0 Å². The van der Waals surface area contributed by atoms with Crippen LogP contribution in [0.5, 0.6) is 0 Å². The van der Waals surface area contributed by atoms with Gasteiger partial charge in [0.05, 0.1) is 0 Å². The second-order valence-corrected chi connectivity index (χ2v) is 3.31. The van der Waals surface area contributed by atoms with Crippen LogP contribution < -0.4 is 5.73 Å². The Morgan fingerprint density at radius 2 is 2.00 bits per heavy atom. The first kappa shape index (κ1) is 8.86. The molecule has 0 atom stereocenters. The van der Waals surface area contributed by atoms with E-state index >= 15 is 0 Å². The molecule has 1 aromatic rings. The number of rotatable bonds is 1. The van der Waals surface area contributed by atoms with E-state index in [0.29, 0.717) is 3.57 Å². The van der Waals surface area contributed by atoms with Gasteiger partial charge >= 0.3 is 0 Å². The lowest BCUT2D eigenvalue weighted by atomic mass is 10.2. The van der Waals surface area contributed by atoms with Crippen LogP contribution in [0.1, 0.15) is 5.56 Å². The first-order valence-corrected chi connectivity index (χ1v) is 4.06. The van der Waals surface area contributed by atoms with Crippen molar-refractivity contribution < 1.29 is 8.78 Å². The first-order valence-electron chi connectivity index (χ1n) is 2.98. The minimum Gasteiger partial charge on any atom is -0.326 e. The van der Waals surface area contributed by atoms with Crippen molar-refractivity contribution >= 4 is 22.6 Å². The number of halogens is 3. The third-order valence-corrected chi connectivity index (χ3v) is 1.91. The fraction of sp³-hybridized carbons (Fsp3) is 0.143. The van der Waals surface area contributed by atoms with Crippen LogP contribution >= 0.6 is 22.6 Å². The van der Waals surface area contributed by atoms with E-state index in [1.807, 2.05) is 22.6 Å². The van der Waals surface area contributed by atoms with Crippen LogP contribution in [0.2, 0.25) is 0 Å². The molecule has 1 rings (SSSR count). The number of benzene rings is 1. The van der Waals surface area contributed by atoms with E-state index < -0.39 is 11.6 Å². The molecule has 0 heterocycles. The van der Waals surface area contributed by atoms with Crippen LogP contribution in [0.25, 0.3) is 0 Å². The lowest BCUT2D eigenvalue weighted by Crippen LogP contribution is -2.02. The first-order chi connectivity index (χ1) is 5.15. The molecule has 0 spiro atoms. The van der Waals surface area contributed by atoms with Gasteiger partial charge < -0.3 is 5.73 Å². The zero-order chi connectivity index (χ0) is 8.43. The highest BCUT2D eigenvalue weighted by molar-refractivity contribution is 14.1. The fourth-order valence-electron chi connectivity index (χ4n) is 0.758. The molecule has 0 aliphatic heterocycles. The molecule has 4 heteroatoms. The van der Waals surface area contributed by atoms with Gasteiger partial charge in [-0.15, -0.1) is 0 Å². The topological polar surface area (TPSA) is 26.0 Å². The van der Waals surface area contributed by atoms with Gasteiger partial charge in [-0.3, -0.25) is 0 Å². The molecule has 0 fully saturated rings. The summed E-state index contributed by atoms with van der Waals surface area (Å²) in [4.78, 5) is 0. The summed E-state index contributed by atoms with van der Waals surface area (Å²) in [6, 6.07) is 2.66. The van der Waals surface area contributed by atoms with Gasteiger partial charge in [0.15, 0.2) is 11.6 Å². The second kappa shape index (κ2) is 3.44. The van der Waals surface area contributed by atoms with E-state index in [1.54, 1.807) is 0 Å². The summed E-state index contributed by atoms with van der Waals surface area (Å²) in [6.45, 7) is 0.0274. The van der Waals surface area contributed by atoms with Crippen LogP contribution in [-0.4, -0.2) is 0 Å². The summed E-state index contributed by atoms with van der Waals surface area (Å²) >= 11 is 1.91. The molecule has 0 bridgehead atoms. The molecule has 60 valence electrons. The smallest absolute Gasteiger partial charge is 0.163 e. The minimum atomic E-state index is -0.840. The molecular weight excluding hydrogens is 263 g/mol. The molecule has 0 saturated carbocycles. The summed E-state index contributed by atoms with van der Waals surface area (Å²) in [5.74, 6) is -1.68. The lowest BCUT2D eigenvalue weighted by Gasteiger charge is -2.00. The molecule has 1 aromatic carbocycles. The van der Waals surface area contributed by atoms with Crippen molar-refractivity contribution in [3.8, 4) is 0 Å². The molecule has 0 aliphatic carbocycles. The van der Waals surface area contributed by atoms with Crippen molar-refractivity contribution in [2.45, 2.75) is 6.54 Å². The van der Waals surface area contributed by atoms with E-state index in [9.17, 15) is 8.78 Å². The monoisotopic (exact) mass is 269 g/mol. The van der Waals surface area contributed by atoms with E-state index in [2.05, 4.69) is 0 Å². The molecule has 1 nitrogen and oxygen atoms in total. The van der Waals surface area contributed by atoms with Gasteiger partial charge in [-0.05, 0) is 34.7 Å². The molecule has 0 aliphatic rings. The summed E-state index contributed by atoms with van der Waals surface area (Å²) < 4.78 is 26.0. The summed E-state index contributed by atoms with van der Waals surface area (Å²) in [6.07, 6.45) is 0. The quantitative estimate of drug-likeness (QED) is 0.612. The van der Waals surface area contributed by atoms with E-state index in [4.69, 9.17) is 5.73 Å². The Bertz CT molecular complexity index is 275. The highest BCUT2D eigenvalue weighted by Crippen LogP contribution is 2.15. The Morgan fingerprint density at radius 1 is 1.36 bits per heavy atom. The van der Waals surface area contributed by atoms with Crippen molar-refractivity contribution in [3.63, 3.8) is 0 Å². The van der Waals surface area contributed by atoms with Gasteiger partial charge in [0.2, 0.25) is 0 Å². The summed E-state index contributed by atoms with van der Waals surface area (Å²) in [5.41, 5.74) is 5.40. The second-order valence-electron chi connectivity index (χ2n) is 2.06. The standard InChI is InChI=1S/C7H6F2IN/c8-6-2-5(10)1-4(3-11)7(6)9/h1-2H,3,11H2. The van der Waals surface area contributed by atoms with Crippen LogP contribution in [0, 0.1) is 15.2 Å². The number of hydrogen-bond acceptors (Lipinski definition) is 1. The van der Waals surface area contributed by atoms with Gasteiger partial charge in [-0.25, -0.2) is 8.78 Å². The van der Waals surface area contributed by atoms with Crippen molar-refractivity contribution in [2.75, 3.05) is 0 Å². The molecule has 0 saturated heterocycles. The predicted octanol–water partition coefficient (Wildman–Crippen LogP) is 2.03. The average Bonchev–Trinajstić information content (AvgIpc) is 1.96. The van der Waals surface area contributed by atoms with E-state index in [1.165, 1.54) is 6.07 Å². The predicted molar refractivity (Wildman–Crippen MR) is 47.0 cm³/mol. The van der Waals surface area contributed by atoms with Crippen LogP contribution in [0.15, 0.2) is 12.1 Å². The molecule has 11 heavy (non-hydrogen) atoms. The molecule has 2 N–H and O–H groups in total. The van der Waals surface area contributed by atoms with Gasteiger partial charge in [-0.2, -0.15) is 0 Å². The highest BCUT2D eigenvalue weighted by Gasteiger charge is 2.07. The third kappa shape index (κ3) is 1.87. The van der Waals surface area contributed by atoms with Crippen LogP contribution in [-0.2, 0) is 6.54 Å². The van der Waals surface area contributed by atoms with Crippen molar-refractivity contribution in [1.29, 1.82) is 0 Å². The normalized spacial score (nSPS) is 10.2. The maximum absolute atomic E-state index is 12.7. The van der Waals surface area contributed by atoms with Gasteiger partial charge in [-0.1, -0.05) is 0 Å². The summed E-state index contributed by atoms with van der Waals surface area (Å²) in [5, 5.41) is 0. The third-order valence-electron chi connectivity index (χ3n) is 1.29. The zero-order valence-corrected chi connectivity index (χ0v) is 7.73. The molecule has 0 radical (unpaired) electrons. The lowest BCUT2D eigenvalue weighted by molar-refractivity contribution is 0.498. The Balaban J connectivity index is 3.24. The molecular formula is C7H6F2IN. The molecule has 0 amide bonds.